The lowest BCUT2D eigenvalue weighted by Gasteiger charge is -2.10. The summed E-state index contributed by atoms with van der Waals surface area (Å²) in [5.74, 6) is -2.22. The van der Waals surface area contributed by atoms with E-state index in [1.54, 1.807) is 0 Å². The second-order valence-corrected chi connectivity index (χ2v) is 3.81. The van der Waals surface area contributed by atoms with Crippen molar-refractivity contribution >= 4 is 11.9 Å². The standard InChI is InChI=1S/C11H20O7/c1-8(2)17-5-3-16-4-6-18-11(15)9(12)7-10(13)14/h8-9,12H,3-7H2,1-2H3,(H,13,14). The summed E-state index contributed by atoms with van der Waals surface area (Å²) in [5, 5.41) is 17.4. The molecule has 0 aliphatic rings. The molecule has 18 heavy (non-hydrogen) atoms. The van der Waals surface area contributed by atoms with Crippen LogP contribution in [-0.4, -0.2) is 60.8 Å². The molecule has 0 radical (unpaired) electrons. The van der Waals surface area contributed by atoms with E-state index in [9.17, 15) is 9.59 Å². The first-order chi connectivity index (χ1) is 8.43. The molecule has 0 bridgehead atoms. The fraction of sp³-hybridized carbons (Fsp3) is 0.818. The van der Waals surface area contributed by atoms with Gasteiger partial charge in [0.25, 0.3) is 0 Å². The van der Waals surface area contributed by atoms with Crippen molar-refractivity contribution in [1.29, 1.82) is 0 Å². The van der Waals surface area contributed by atoms with Crippen molar-refractivity contribution in [3.05, 3.63) is 0 Å². The van der Waals surface area contributed by atoms with E-state index in [2.05, 4.69) is 4.74 Å². The average Bonchev–Trinajstić information content (AvgIpc) is 2.26. The van der Waals surface area contributed by atoms with Gasteiger partial charge in [-0.05, 0) is 13.8 Å². The number of aliphatic carboxylic acids is 1. The van der Waals surface area contributed by atoms with Gasteiger partial charge in [0.1, 0.15) is 6.61 Å². The summed E-state index contributed by atoms with van der Waals surface area (Å²) in [6, 6.07) is 0. The van der Waals surface area contributed by atoms with Crippen LogP contribution in [0.15, 0.2) is 0 Å². The van der Waals surface area contributed by atoms with E-state index in [1.807, 2.05) is 13.8 Å². The molecule has 0 amide bonds. The smallest absolute Gasteiger partial charge is 0.335 e. The number of aliphatic hydroxyl groups is 1. The van der Waals surface area contributed by atoms with Gasteiger partial charge in [-0.15, -0.1) is 0 Å². The molecule has 0 aliphatic heterocycles. The van der Waals surface area contributed by atoms with Crippen molar-refractivity contribution in [3.63, 3.8) is 0 Å². The monoisotopic (exact) mass is 264 g/mol. The van der Waals surface area contributed by atoms with Gasteiger partial charge >= 0.3 is 11.9 Å². The summed E-state index contributed by atoms with van der Waals surface area (Å²) in [5.41, 5.74) is 0. The molecule has 0 saturated heterocycles. The zero-order chi connectivity index (χ0) is 14.0. The molecule has 0 aromatic rings. The Hall–Kier alpha value is -1.18. The molecule has 0 rings (SSSR count). The predicted octanol–water partition coefficient (Wildman–Crippen LogP) is -0.193. The lowest BCUT2D eigenvalue weighted by Crippen LogP contribution is -2.27. The number of hydrogen-bond acceptors (Lipinski definition) is 6. The summed E-state index contributed by atoms with van der Waals surface area (Å²) in [6.07, 6.45) is -2.16. The number of carbonyl (C=O) groups excluding carboxylic acids is 1. The SMILES string of the molecule is CC(C)OCCOCCOC(=O)C(O)CC(=O)O. The molecule has 2 N–H and O–H groups in total. The van der Waals surface area contributed by atoms with Gasteiger partial charge in [-0.1, -0.05) is 0 Å². The molecule has 0 aromatic heterocycles. The fourth-order valence-electron chi connectivity index (χ4n) is 0.991. The molecule has 106 valence electrons. The number of rotatable bonds is 10. The summed E-state index contributed by atoms with van der Waals surface area (Å²) in [6.45, 7) is 4.79. The zero-order valence-electron chi connectivity index (χ0n) is 10.6. The Bertz CT molecular complexity index is 252. The number of esters is 1. The number of carboxylic acids is 1. The highest BCUT2D eigenvalue weighted by Gasteiger charge is 2.19. The van der Waals surface area contributed by atoms with Crippen LogP contribution in [-0.2, 0) is 23.8 Å². The third kappa shape index (κ3) is 10.0. The minimum atomic E-state index is -1.63. The Morgan fingerprint density at radius 3 is 2.28 bits per heavy atom. The van der Waals surface area contributed by atoms with Crippen LogP contribution in [0.3, 0.4) is 0 Å². The predicted molar refractivity (Wildman–Crippen MR) is 61.1 cm³/mol. The normalized spacial score (nSPS) is 12.4. The molecule has 1 atom stereocenters. The average molecular weight is 264 g/mol. The van der Waals surface area contributed by atoms with Gasteiger partial charge in [0.2, 0.25) is 0 Å². The van der Waals surface area contributed by atoms with Crippen molar-refractivity contribution in [1.82, 2.24) is 0 Å². The second-order valence-electron chi connectivity index (χ2n) is 3.81. The third-order valence-corrected chi connectivity index (χ3v) is 1.79. The first-order valence-electron chi connectivity index (χ1n) is 5.69. The molecule has 0 saturated carbocycles. The van der Waals surface area contributed by atoms with Crippen LogP contribution < -0.4 is 0 Å². The summed E-state index contributed by atoms with van der Waals surface area (Å²) >= 11 is 0. The summed E-state index contributed by atoms with van der Waals surface area (Å²) < 4.78 is 14.9. The van der Waals surface area contributed by atoms with E-state index in [1.165, 1.54) is 0 Å². The molecule has 7 heteroatoms. The van der Waals surface area contributed by atoms with Crippen LogP contribution in [0.1, 0.15) is 20.3 Å². The summed E-state index contributed by atoms with van der Waals surface area (Å²) in [7, 11) is 0. The molecule has 1 unspecified atom stereocenters. The van der Waals surface area contributed by atoms with Crippen molar-refractivity contribution in [2.75, 3.05) is 26.4 Å². The molecular formula is C11H20O7. The Balaban J connectivity index is 3.43. The molecule has 0 fully saturated rings. The largest absolute Gasteiger partial charge is 0.481 e. The van der Waals surface area contributed by atoms with Gasteiger partial charge in [0.05, 0.1) is 32.3 Å². The van der Waals surface area contributed by atoms with Gasteiger partial charge in [-0.25, -0.2) is 4.79 Å². The minimum absolute atomic E-state index is 0.0306. The van der Waals surface area contributed by atoms with Crippen molar-refractivity contribution in [2.45, 2.75) is 32.5 Å². The Kier molecular flexibility index (Phi) is 9.17. The number of aliphatic hydroxyl groups excluding tert-OH is 1. The minimum Gasteiger partial charge on any atom is -0.481 e. The lowest BCUT2D eigenvalue weighted by molar-refractivity contribution is -0.159. The highest BCUT2D eigenvalue weighted by molar-refractivity contribution is 5.80. The van der Waals surface area contributed by atoms with E-state index < -0.39 is 24.5 Å². The Labute approximate surface area is 106 Å². The fourth-order valence-corrected chi connectivity index (χ4v) is 0.991. The topological polar surface area (TPSA) is 102 Å². The van der Waals surface area contributed by atoms with Crippen LogP contribution >= 0.6 is 0 Å². The van der Waals surface area contributed by atoms with Gasteiger partial charge in [-0.3, -0.25) is 4.79 Å². The maximum atomic E-state index is 11.0. The van der Waals surface area contributed by atoms with Crippen LogP contribution in [0.4, 0.5) is 0 Å². The van der Waals surface area contributed by atoms with Crippen LogP contribution in [0.25, 0.3) is 0 Å². The zero-order valence-corrected chi connectivity index (χ0v) is 10.6. The van der Waals surface area contributed by atoms with Gasteiger partial charge < -0.3 is 24.4 Å². The van der Waals surface area contributed by atoms with E-state index in [0.717, 1.165) is 0 Å². The molecule has 0 aromatic carbocycles. The Morgan fingerprint density at radius 1 is 1.11 bits per heavy atom. The molecule has 7 nitrogen and oxygen atoms in total. The van der Waals surface area contributed by atoms with E-state index >= 15 is 0 Å². The van der Waals surface area contributed by atoms with E-state index in [-0.39, 0.29) is 19.3 Å². The second kappa shape index (κ2) is 9.81. The van der Waals surface area contributed by atoms with Crippen LogP contribution in [0.5, 0.6) is 0 Å². The van der Waals surface area contributed by atoms with Crippen molar-refractivity contribution in [2.24, 2.45) is 0 Å². The maximum Gasteiger partial charge on any atom is 0.335 e. The van der Waals surface area contributed by atoms with E-state index in [4.69, 9.17) is 19.7 Å². The highest BCUT2D eigenvalue weighted by Crippen LogP contribution is 1.95. The number of carbonyl (C=O) groups is 2. The molecule has 0 spiro atoms. The van der Waals surface area contributed by atoms with Gasteiger partial charge in [-0.2, -0.15) is 0 Å². The maximum absolute atomic E-state index is 11.0. The van der Waals surface area contributed by atoms with E-state index in [0.29, 0.717) is 13.2 Å². The molecule has 0 heterocycles. The van der Waals surface area contributed by atoms with Gasteiger partial charge in [0, 0.05) is 0 Å². The number of hydrogen-bond donors (Lipinski definition) is 2. The van der Waals surface area contributed by atoms with Gasteiger partial charge in [0.15, 0.2) is 6.10 Å². The third-order valence-electron chi connectivity index (χ3n) is 1.79. The number of carboxylic acid groups (broad SMARTS) is 1. The number of ether oxygens (including phenoxy) is 3. The Morgan fingerprint density at radius 2 is 1.72 bits per heavy atom. The van der Waals surface area contributed by atoms with Crippen LogP contribution in [0.2, 0.25) is 0 Å². The van der Waals surface area contributed by atoms with Crippen molar-refractivity contribution in [3.8, 4) is 0 Å². The lowest BCUT2D eigenvalue weighted by atomic mass is 10.2. The first-order valence-corrected chi connectivity index (χ1v) is 5.69. The molecular weight excluding hydrogens is 244 g/mol. The van der Waals surface area contributed by atoms with Crippen LogP contribution in [0, 0.1) is 0 Å². The highest BCUT2D eigenvalue weighted by atomic mass is 16.6. The summed E-state index contributed by atoms with van der Waals surface area (Å²) in [4.78, 5) is 21.3. The quantitative estimate of drug-likeness (QED) is 0.416. The first kappa shape index (κ1) is 16.8. The molecule has 0 aliphatic carbocycles. The van der Waals surface area contributed by atoms with Crippen molar-refractivity contribution < 1.29 is 34.0 Å².